The summed E-state index contributed by atoms with van der Waals surface area (Å²) in [5.74, 6) is 0.574. The second kappa shape index (κ2) is 15.4. The van der Waals surface area contributed by atoms with E-state index in [1.165, 1.54) is 69.4 Å². The van der Waals surface area contributed by atoms with Crippen molar-refractivity contribution in [2.24, 2.45) is 0 Å². The molecule has 0 N–H and O–H groups in total. The van der Waals surface area contributed by atoms with Gasteiger partial charge in [-0.1, -0.05) is 89.5 Å². The van der Waals surface area contributed by atoms with Crippen LogP contribution in [-0.2, 0) is 6.42 Å². The van der Waals surface area contributed by atoms with E-state index in [1.807, 2.05) is 6.92 Å². The van der Waals surface area contributed by atoms with Gasteiger partial charge in [0.1, 0.15) is 11.6 Å². The number of rotatable bonds is 16. The van der Waals surface area contributed by atoms with Gasteiger partial charge in [0.25, 0.3) is 0 Å². The average Bonchev–Trinajstić information content (AvgIpc) is 2.89. The Morgan fingerprint density at radius 3 is 2.06 bits per heavy atom. The lowest BCUT2D eigenvalue weighted by molar-refractivity contribution is 0.205. The molecule has 0 amide bonds. The molecule has 0 aliphatic carbocycles. The summed E-state index contributed by atoms with van der Waals surface area (Å²) < 4.78 is 20.8. The number of aromatic nitrogens is 2. The maximum atomic E-state index is 14.8. The number of ether oxygens (including phenoxy) is 1. The summed E-state index contributed by atoms with van der Waals surface area (Å²) in [5, 5.41) is 0. The van der Waals surface area contributed by atoms with Crippen LogP contribution >= 0.6 is 0 Å². The van der Waals surface area contributed by atoms with E-state index in [4.69, 9.17) is 4.74 Å². The molecular weight excluding hydrogens is 447 g/mol. The monoisotopic (exact) mass is 490 g/mol. The smallest absolute Gasteiger partial charge is 0.162 e. The second-order valence-corrected chi connectivity index (χ2v) is 9.93. The molecule has 1 atom stereocenters. The van der Waals surface area contributed by atoms with Crippen LogP contribution in [0.3, 0.4) is 0 Å². The molecule has 3 aromatic rings. The van der Waals surface area contributed by atoms with Crippen LogP contribution in [0.5, 0.6) is 5.75 Å². The quantitative estimate of drug-likeness (QED) is 0.187. The Morgan fingerprint density at radius 1 is 0.750 bits per heavy atom. The summed E-state index contributed by atoms with van der Waals surface area (Å²) in [5.41, 5.74) is 3.76. The minimum absolute atomic E-state index is 0.0693. The van der Waals surface area contributed by atoms with Gasteiger partial charge in [0.15, 0.2) is 5.82 Å². The Labute approximate surface area is 217 Å². The fraction of sp³-hybridized carbons (Fsp3) is 0.500. The lowest BCUT2D eigenvalue weighted by Gasteiger charge is -2.15. The minimum Gasteiger partial charge on any atom is -0.491 e. The molecule has 36 heavy (non-hydrogen) atoms. The molecule has 194 valence electrons. The molecule has 0 saturated heterocycles. The standard InChI is InChI=1S/C32H43FN2O/c1-4-6-8-10-11-13-15-26-16-18-27(19-17-26)28-23-34-32(35-24-28)30-21-20-29(22-31(30)33)36-25(3)14-12-9-7-5-2/h16-25H,4-15H2,1-3H3. The van der Waals surface area contributed by atoms with Crippen molar-refractivity contribution in [2.75, 3.05) is 0 Å². The Morgan fingerprint density at radius 2 is 1.39 bits per heavy atom. The molecule has 0 bridgehead atoms. The number of hydrogen-bond acceptors (Lipinski definition) is 3. The molecule has 1 heterocycles. The van der Waals surface area contributed by atoms with Gasteiger partial charge in [-0.15, -0.1) is 0 Å². The van der Waals surface area contributed by atoms with Crippen molar-refractivity contribution in [2.45, 2.75) is 104 Å². The molecule has 0 fully saturated rings. The maximum absolute atomic E-state index is 14.8. The van der Waals surface area contributed by atoms with E-state index in [1.54, 1.807) is 24.5 Å². The third-order valence-corrected chi connectivity index (χ3v) is 6.74. The average molecular weight is 491 g/mol. The Hall–Kier alpha value is -2.75. The van der Waals surface area contributed by atoms with Crippen LogP contribution in [0.25, 0.3) is 22.5 Å². The maximum Gasteiger partial charge on any atom is 0.162 e. The lowest BCUT2D eigenvalue weighted by Crippen LogP contribution is -2.11. The van der Waals surface area contributed by atoms with Crippen molar-refractivity contribution >= 4 is 0 Å². The summed E-state index contributed by atoms with van der Waals surface area (Å²) >= 11 is 0. The number of benzene rings is 2. The van der Waals surface area contributed by atoms with Crippen LogP contribution in [0, 0.1) is 5.82 Å². The highest BCUT2D eigenvalue weighted by Crippen LogP contribution is 2.26. The minimum atomic E-state index is -0.363. The molecule has 1 unspecified atom stereocenters. The highest BCUT2D eigenvalue weighted by atomic mass is 19.1. The molecule has 4 heteroatoms. The molecular formula is C32H43FN2O. The number of aryl methyl sites for hydroxylation is 1. The zero-order valence-corrected chi connectivity index (χ0v) is 22.4. The molecule has 1 aromatic heterocycles. The molecule has 0 aliphatic heterocycles. The van der Waals surface area contributed by atoms with E-state index in [2.05, 4.69) is 48.1 Å². The van der Waals surface area contributed by atoms with Crippen LogP contribution in [0.2, 0.25) is 0 Å². The van der Waals surface area contributed by atoms with E-state index >= 15 is 0 Å². The second-order valence-electron chi connectivity index (χ2n) is 9.93. The Kier molecular flexibility index (Phi) is 11.9. The summed E-state index contributed by atoms with van der Waals surface area (Å²) in [6.07, 6.45) is 18.4. The van der Waals surface area contributed by atoms with E-state index in [9.17, 15) is 4.39 Å². The van der Waals surface area contributed by atoms with Gasteiger partial charge >= 0.3 is 0 Å². The van der Waals surface area contributed by atoms with E-state index < -0.39 is 0 Å². The summed E-state index contributed by atoms with van der Waals surface area (Å²) in [6.45, 7) is 6.50. The lowest BCUT2D eigenvalue weighted by atomic mass is 10.0. The molecule has 0 radical (unpaired) electrons. The number of nitrogens with zero attached hydrogens (tertiary/aromatic N) is 2. The normalized spacial score (nSPS) is 12.0. The first kappa shape index (κ1) is 27.8. The largest absolute Gasteiger partial charge is 0.491 e. The predicted molar refractivity (Wildman–Crippen MR) is 149 cm³/mol. The zero-order chi connectivity index (χ0) is 25.6. The van der Waals surface area contributed by atoms with Gasteiger partial charge in [-0.05, 0) is 55.9 Å². The number of hydrogen-bond donors (Lipinski definition) is 0. The zero-order valence-electron chi connectivity index (χ0n) is 22.4. The third kappa shape index (κ3) is 9.04. The Bertz CT molecular complexity index is 1020. The van der Waals surface area contributed by atoms with Crippen LogP contribution in [0.15, 0.2) is 54.9 Å². The van der Waals surface area contributed by atoms with Gasteiger partial charge in [-0.25, -0.2) is 14.4 Å². The van der Waals surface area contributed by atoms with Gasteiger partial charge in [0, 0.05) is 24.0 Å². The number of unbranched alkanes of at least 4 members (excludes halogenated alkanes) is 8. The first-order valence-corrected chi connectivity index (χ1v) is 14.0. The highest BCUT2D eigenvalue weighted by molar-refractivity contribution is 5.64. The van der Waals surface area contributed by atoms with Crippen LogP contribution in [-0.4, -0.2) is 16.1 Å². The van der Waals surface area contributed by atoms with Crippen LogP contribution in [0.4, 0.5) is 4.39 Å². The molecule has 0 aliphatic rings. The van der Waals surface area contributed by atoms with Gasteiger partial charge in [-0.3, -0.25) is 0 Å². The summed E-state index contributed by atoms with van der Waals surface area (Å²) in [7, 11) is 0. The SMILES string of the molecule is CCCCCCCCc1ccc(-c2cnc(-c3ccc(OC(C)CCCCCC)cc3F)nc2)cc1. The molecule has 3 rings (SSSR count). The fourth-order valence-electron chi connectivity index (χ4n) is 4.49. The first-order valence-electron chi connectivity index (χ1n) is 14.0. The van der Waals surface area contributed by atoms with E-state index in [0.29, 0.717) is 17.1 Å². The van der Waals surface area contributed by atoms with Crippen molar-refractivity contribution in [1.29, 1.82) is 0 Å². The van der Waals surface area contributed by atoms with E-state index in [-0.39, 0.29) is 11.9 Å². The highest BCUT2D eigenvalue weighted by Gasteiger charge is 2.12. The van der Waals surface area contributed by atoms with E-state index in [0.717, 1.165) is 30.4 Å². The van der Waals surface area contributed by atoms with Crippen molar-refractivity contribution in [3.8, 4) is 28.3 Å². The number of halogens is 1. The molecule has 3 nitrogen and oxygen atoms in total. The summed E-state index contributed by atoms with van der Waals surface area (Å²) in [4.78, 5) is 8.90. The van der Waals surface area contributed by atoms with Crippen molar-refractivity contribution in [3.05, 3.63) is 66.2 Å². The Balaban J connectivity index is 1.53. The van der Waals surface area contributed by atoms with Crippen LogP contribution in [0.1, 0.15) is 97.0 Å². The fourth-order valence-corrected chi connectivity index (χ4v) is 4.49. The first-order chi connectivity index (χ1) is 17.6. The van der Waals surface area contributed by atoms with Gasteiger partial charge in [0.2, 0.25) is 0 Å². The molecule has 0 spiro atoms. The molecule has 2 aromatic carbocycles. The topological polar surface area (TPSA) is 35.0 Å². The predicted octanol–water partition coefficient (Wildman–Crippen LogP) is 9.59. The van der Waals surface area contributed by atoms with Crippen molar-refractivity contribution in [3.63, 3.8) is 0 Å². The molecule has 0 saturated carbocycles. The van der Waals surface area contributed by atoms with Crippen molar-refractivity contribution in [1.82, 2.24) is 9.97 Å². The van der Waals surface area contributed by atoms with Crippen molar-refractivity contribution < 1.29 is 9.13 Å². The van der Waals surface area contributed by atoms with Gasteiger partial charge < -0.3 is 4.74 Å². The third-order valence-electron chi connectivity index (χ3n) is 6.74. The van der Waals surface area contributed by atoms with Crippen LogP contribution < -0.4 is 4.74 Å². The summed E-state index contributed by atoms with van der Waals surface area (Å²) in [6, 6.07) is 13.6. The van der Waals surface area contributed by atoms with Gasteiger partial charge in [0.05, 0.1) is 11.7 Å². The van der Waals surface area contributed by atoms with Gasteiger partial charge in [-0.2, -0.15) is 0 Å².